The van der Waals surface area contributed by atoms with E-state index in [9.17, 15) is 4.79 Å². The lowest BCUT2D eigenvalue weighted by Gasteiger charge is -2.27. The van der Waals surface area contributed by atoms with Crippen LogP contribution in [0, 0.1) is 6.92 Å². The van der Waals surface area contributed by atoms with Gasteiger partial charge < -0.3 is 14.5 Å². The molecule has 0 radical (unpaired) electrons. The van der Waals surface area contributed by atoms with Gasteiger partial charge in [-0.1, -0.05) is 0 Å². The first-order valence-corrected chi connectivity index (χ1v) is 8.22. The molecule has 0 aliphatic carbocycles. The van der Waals surface area contributed by atoms with Crippen molar-refractivity contribution in [1.82, 2.24) is 24.5 Å². The Hall–Kier alpha value is -2.22. The second-order valence-electron chi connectivity index (χ2n) is 5.84. The highest BCUT2D eigenvalue weighted by molar-refractivity contribution is 5.75. The molecule has 0 saturated carbocycles. The maximum atomic E-state index is 12.0. The van der Waals surface area contributed by atoms with E-state index in [0.29, 0.717) is 12.4 Å². The molecule has 0 aromatic carbocycles. The monoisotopic (exact) mass is 334 g/mol. The summed E-state index contributed by atoms with van der Waals surface area (Å²) in [6.07, 6.45) is 1.66. The van der Waals surface area contributed by atoms with Crippen LogP contribution in [-0.4, -0.2) is 70.8 Å². The summed E-state index contributed by atoms with van der Waals surface area (Å²) in [5.74, 6) is 1.15. The summed E-state index contributed by atoms with van der Waals surface area (Å²) < 4.78 is 6.83. The van der Waals surface area contributed by atoms with E-state index in [1.165, 1.54) is 6.33 Å². The highest BCUT2D eigenvalue weighted by Crippen LogP contribution is 2.24. The Morgan fingerprint density at radius 2 is 2.04 bits per heavy atom. The molecule has 8 nitrogen and oxygen atoms in total. The van der Waals surface area contributed by atoms with E-state index < -0.39 is 0 Å². The molecule has 2 rings (SSSR count). The van der Waals surface area contributed by atoms with E-state index in [4.69, 9.17) is 4.74 Å². The SMILES string of the molecule is CCOC(=O)Cc1c(C)nc2ncnn2c1N(CC)CCN(C)C. The third-order valence-electron chi connectivity index (χ3n) is 3.83. The van der Waals surface area contributed by atoms with Crippen molar-refractivity contribution in [3.63, 3.8) is 0 Å². The lowest BCUT2D eigenvalue weighted by molar-refractivity contribution is -0.142. The second kappa shape index (κ2) is 8.05. The maximum Gasteiger partial charge on any atom is 0.310 e. The van der Waals surface area contributed by atoms with Crippen LogP contribution in [0.15, 0.2) is 6.33 Å². The quantitative estimate of drug-likeness (QED) is 0.665. The number of aromatic nitrogens is 4. The second-order valence-corrected chi connectivity index (χ2v) is 5.84. The smallest absolute Gasteiger partial charge is 0.310 e. The topological polar surface area (TPSA) is 75.9 Å². The Morgan fingerprint density at radius 1 is 1.29 bits per heavy atom. The number of ether oxygens (including phenoxy) is 1. The highest BCUT2D eigenvalue weighted by atomic mass is 16.5. The Morgan fingerprint density at radius 3 is 2.67 bits per heavy atom. The molecule has 132 valence electrons. The fraction of sp³-hybridized carbons (Fsp3) is 0.625. The van der Waals surface area contributed by atoms with E-state index >= 15 is 0 Å². The normalized spacial score (nSPS) is 11.2. The van der Waals surface area contributed by atoms with Crippen LogP contribution in [0.1, 0.15) is 25.1 Å². The molecule has 8 heteroatoms. The Labute approximate surface area is 142 Å². The van der Waals surface area contributed by atoms with E-state index in [1.54, 1.807) is 11.4 Å². The first kappa shape index (κ1) is 18.1. The number of aryl methyl sites for hydroxylation is 1. The van der Waals surface area contributed by atoms with E-state index in [0.717, 1.165) is 36.7 Å². The zero-order chi connectivity index (χ0) is 17.7. The minimum atomic E-state index is -0.258. The largest absolute Gasteiger partial charge is 0.466 e. The molecule has 0 spiro atoms. The summed E-state index contributed by atoms with van der Waals surface area (Å²) >= 11 is 0. The molecule has 0 saturated heterocycles. The Kier molecular flexibility index (Phi) is 6.08. The molecule has 0 amide bonds. The number of carbonyl (C=O) groups excluding carboxylic acids is 1. The predicted octanol–water partition coefficient (Wildman–Crippen LogP) is 0.926. The third-order valence-corrected chi connectivity index (χ3v) is 3.83. The molecule has 2 aromatic rings. The van der Waals surface area contributed by atoms with Crippen LogP contribution < -0.4 is 4.90 Å². The number of hydrogen-bond acceptors (Lipinski definition) is 7. The van der Waals surface area contributed by atoms with E-state index in [1.807, 2.05) is 21.0 Å². The standard InChI is InChI=1S/C16H26N6O2/c1-6-21(9-8-20(4)5)15-13(10-14(23)24-7-2)12(3)19-16-17-11-18-22(15)16/h11H,6-10H2,1-5H3. The summed E-state index contributed by atoms with van der Waals surface area (Å²) in [4.78, 5) is 25.0. The van der Waals surface area contributed by atoms with Gasteiger partial charge in [0.25, 0.3) is 5.78 Å². The van der Waals surface area contributed by atoms with Crippen molar-refractivity contribution < 1.29 is 9.53 Å². The van der Waals surface area contributed by atoms with Crippen molar-refractivity contribution >= 4 is 17.6 Å². The van der Waals surface area contributed by atoms with E-state index in [-0.39, 0.29) is 12.4 Å². The molecule has 0 unspecified atom stereocenters. The summed E-state index contributed by atoms with van der Waals surface area (Å²) in [6.45, 7) is 8.66. The number of carbonyl (C=O) groups is 1. The fourth-order valence-electron chi connectivity index (χ4n) is 2.59. The number of anilines is 1. The van der Waals surface area contributed by atoms with Crippen LogP contribution in [-0.2, 0) is 16.0 Å². The molecule has 0 aliphatic heterocycles. The number of rotatable bonds is 8. The zero-order valence-corrected chi connectivity index (χ0v) is 15.1. The average molecular weight is 334 g/mol. The summed E-state index contributed by atoms with van der Waals surface area (Å²) in [6, 6.07) is 0. The molecular formula is C16H26N6O2. The van der Waals surface area contributed by atoms with Crippen molar-refractivity contribution in [1.29, 1.82) is 0 Å². The summed E-state index contributed by atoms with van der Waals surface area (Å²) in [7, 11) is 4.08. The molecular weight excluding hydrogens is 308 g/mol. The van der Waals surface area contributed by atoms with Crippen LogP contribution in [0.25, 0.3) is 5.78 Å². The third kappa shape index (κ3) is 4.00. The molecule has 0 bridgehead atoms. The Balaban J connectivity index is 2.49. The van der Waals surface area contributed by atoms with Crippen LogP contribution in [0.3, 0.4) is 0 Å². The minimum Gasteiger partial charge on any atom is -0.466 e. The summed E-state index contributed by atoms with van der Waals surface area (Å²) in [5.41, 5.74) is 1.62. The molecule has 2 aromatic heterocycles. The number of esters is 1. The fourth-order valence-corrected chi connectivity index (χ4v) is 2.59. The molecule has 0 fully saturated rings. The molecule has 24 heavy (non-hydrogen) atoms. The highest BCUT2D eigenvalue weighted by Gasteiger charge is 2.21. The maximum absolute atomic E-state index is 12.0. The first-order chi connectivity index (χ1) is 11.5. The lowest BCUT2D eigenvalue weighted by atomic mass is 10.1. The van der Waals surface area contributed by atoms with Crippen molar-refractivity contribution in [3.05, 3.63) is 17.6 Å². The molecule has 0 N–H and O–H groups in total. The molecule has 0 aliphatic rings. The van der Waals surface area contributed by atoms with Gasteiger partial charge in [0.05, 0.1) is 13.0 Å². The van der Waals surface area contributed by atoms with Gasteiger partial charge in [-0.05, 0) is 34.9 Å². The van der Waals surface area contributed by atoms with Gasteiger partial charge in [-0.3, -0.25) is 4.79 Å². The van der Waals surface area contributed by atoms with Gasteiger partial charge in [0.1, 0.15) is 12.1 Å². The van der Waals surface area contributed by atoms with Crippen LogP contribution in [0.4, 0.5) is 5.82 Å². The van der Waals surface area contributed by atoms with Crippen LogP contribution in [0.2, 0.25) is 0 Å². The van der Waals surface area contributed by atoms with Crippen molar-refractivity contribution in [2.24, 2.45) is 0 Å². The number of nitrogens with zero attached hydrogens (tertiary/aromatic N) is 6. The number of fused-ring (bicyclic) bond motifs is 1. The van der Waals surface area contributed by atoms with Gasteiger partial charge in [0, 0.05) is 30.9 Å². The van der Waals surface area contributed by atoms with Gasteiger partial charge in [-0.15, -0.1) is 0 Å². The van der Waals surface area contributed by atoms with Gasteiger partial charge in [0.15, 0.2) is 0 Å². The van der Waals surface area contributed by atoms with Gasteiger partial charge >= 0.3 is 5.97 Å². The van der Waals surface area contributed by atoms with Crippen molar-refractivity contribution in [2.45, 2.75) is 27.2 Å². The minimum absolute atomic E-state index is 0.177. The van der Waals surface area contributed by atoms with Crippen molar-refractivity contribution in [3.8, 4) is 0 Å². The van der Waals surface area contributed by atoms with E-state index in [2.05, 4.69) is 31.8 Å². The molecule has 2 heterocycles. The van der Waals surface area contributed by atoms with Crippen LogP contribution >= 0.6 is 0 Å². The number of likely N-dealkylation sites (N-methyl/N-ethyl adjacent to an activating group) is 2. The lowest BCUT2D eigenvalue weighted by Crippen LogP contribution is -2.34. The van der Waals surface area contributed by atoms with Gasteiger partial charge in [-0.2, -0.15) is 14.6 Å². The van der Waals surface area contributed by atoms with Gasteiger partial charge in [0.2, 0.25) is 0 Å². The number of hydrogen-bond donors (Lipinski definition) is 0. The zero-order valence-electron chi connectivity index (χ0n) is 15.1. The average Bonchev–Trinajstić information content (AvgIpc) is 2.97. The van der Waals surface area contributed by atoms with Crippen LogP contribution in [0.5, 0.6) is 0 Å². The Bertz CT molecular complexity index is 697. The first-order valence-electron chi connectivity index (χ1n) is 8.22. The van der Waals surface area contributed by atoms with Gasteiger partial charge in [-0.25, -0.2) is 4.98 Å². The van der Waals surface area contributed by atoms with Crippen molar-refractivity contribution in [2.75, 3.05) is 45.2 Å². The predicted molar refractivity (Wildman–Crippen MR) is 92.3 cm³/mol. The molecule has 0 atom stereocenters. The summed E-state index contributed by atoms with van der Waals surface area (Å²) in [5, 5.41) is 4.31.